The van der Waals surface area contributed by atoms with Gasteiger partial charge in [-0.2, -0.15) is 0 Å². The van der Waals surface area contributed by atoms with Crippen LogP contribution in [0.4, 0.5) is 16.2 Å². The fraction of sp³-hybridized carbons (Fsp3) is 0.550. The van der Waals surface area contributed by atoms with Crippen molar-refractivity contribution >= 4 is 29.2 Å². The number of anilines is 2. The first-order chi connectivity index (χ1) is 12.9. The zero-order valence-corrected chi connectivity index (χ0v) is 16.1. The predicted molar refractivity (Wildman–Crippen MR) is 105 cm³/mol. The number of carbonyl (C=O) groups is 3. The van der Waals surface area contributed by atoms with Crippen LogP contribution in [-0.2, 0) is 9.59 Å². The number of nitrogens with zero attached hydrogens (tertiary/aromatic N) is 2. The van der Waals surface area contributed by atoms with Crippen LogP contribution >= 0.6 is 0 Å². The van der Waals surface area contributed by atoms with E-state index in [-0.39, 0.29) is 18.4 Å². The molecule has 2 fully saturated rings. The van der Waals surface area contributed by atoms with Gasteiger partial charge in [-0.1, -0.05) is 19.8 Å². The van der Waals surface area contributed by atoms with Crippen LogP contribution in [0.15, 0.2) is 24.3 Å². The van der Waals surface area contributed by atoms with Crippen LogP contribution in [0.25, 0.3) is 0 Å². The van der Waals surface area contributed by atoms with E-state index in [1.165, 1.54) is 12.8 Å². The van der Waals surface area contributed by atoms with Crippen LogP contribution in [0.1, 0.15) is 46.0 Å². The molecule has 3 rings (SSSR count). The second-order valence-corrected chi connectivity index (χ2v) is 7.55. The summed E-state index contributed by atoms with van der Waals surface area (Å²) in [4.78, 5) is 40.4. The number of unbranched alkanes of at least 4 members (excludes halogenated alkanes) is 1. The third-order valence-corrected chi connectivity index (χ3v) is 5.30. The molecule has 0 unspecified atom stereocenters. The van der Waals surface area contributed by atoms with Crippen molar-refractivity contribution in [3.8, 4) is 0 Å². The summed E-state index contributed by atoms with van der Waals surface area (Å²) in [6, 6.07) is 7.16. The Balaban J connectivity index is 1.57. The zero-order valence-electron chi connectivity index (χ0n) is 16.1. The van der Waals surface area contributed by atoms with Crippen molar-refractivity contribution in [1.82, 2.24) is 10.2 Å². The SMILES string of the molecule is CCCC[C@]1(C)NC(=O)N(CC(=O)Nc2ccc(N3CCCC3)cc2)C1=O. The van der Waals surface area contributed by atoms with Gasteiger partial charge in [-0.15, -0.1) is 0 Å². The Morgan fingerprint density at radius 3 is 2.48 bits per heavy atom. The summed E-state index contributed by atoms with van der Waals surface area (Å²) in [6.45, 7) is 5.60. The molecule has 2 heterocycles. The molecule has 0 radical (unpaired) electrons. The summed E-state index contributed by atoms with van der Waals surface area (Å²) < 4.78 is 0. The maximum atomic E-state index is 12.6. The van der Waals surface area contributed by atoms with Gasteiger partial charge < -0.3 is 15.5 Å². The quantitative estimate of drug-likeness (QED) is 0.721. The Bertz CT molecular complexity index is 712. The van der Waals surface area contributed by atoms with Crippen molar-refractivity contribution in [2.24, 2.45) is 0 Å². The molecular formula is C20H28N4O3. The molecule has 0 spiro atoms. The normalized spacial score (nSPS) is 22.3. The van der Waals surface area contributed by atoms with Crippen molar-refractivity contribution in [1.29, 1.82) is 0 Å². The molecule has 0 saturated carbocycles. The van der Waals surface area contributed by atoms with Gasteiger partial charge in [-0.3, -0.25) is 14.5 Å². The molecule has 7 heteroatoms. The second-order valence-electron chi connectivity index (χ2n) is 7.55. The molecule has 0 bridgehead atoms. The molecule has 1 aromatic carbocycles. The maximum absolute atomic E-state index is 12.6. The third-order valence-electron chi connectivity index (χ3n) is 5.30. The van der Waals surface area contributed by atoms with Gasteiger partial charge in [-0.05, 0) is 50.5 Å². The number of rotatable bonds is 7. The van der Waals surface area contributed by atoms with E-state index in [9.17, 15) is 14.4 Å². The van der Waals surface area contributed by atoms with Crippen molar-refractivity contribution < 1.29 is 14.4 Å². The Labute approximate surface area is 160 Å². The lowest BCUT2D eigenvalue weighted by Gasteiger charge is -2.21. The van der Waals surface area contributed by atoms with Crippen LogP contribution < -0.4 is 15.5 Å². The number of amides is 4. The third kappa shape index (κ3) is 4.23. The first kappa shape index (κ1) is 19.2. The molecule has 0 aromatic heterocycles. The minimum absolute atomic E-state index is 0.278. The standard InChI is InChI=1S/C20H28N4O3/c1-3-4-11-20(2)18(26)24(19(27)22-20)14-17(25)21-15-7-9-16(10-8-15)23-12-5-6-13-23/h7-10H,3-6,11-14H2,1-2H3,(H,21,25)(H,22,27)/t20-/m0/s1. The van der Waals surface area contributed by atoms with E-state index in [1.807, 2.05) is 31.2 Å². The minimum atomic E-state index is -0.912. The summed E-state index contributed by atoms with van der Waals surface area (Å²) in [5.74, 6) is -0.715. The highest BCUT2D eigenvalue weighted by molar-refractivity contribution is 6.09. The molecule has 7 nitrogen and oxygen atoms in total. The zero-order chi connectivity index (χ0) is 19.4. The molecular weight excluding hydrogens is 344 g/mol. The number of benzene rings is 1. The van der Waals surface area contributed by atoms with E-state index in [2.05, 4.69) is 15.5 Å². The largest absolute Gasteiger partial charge is 0.372 e. The van der Waals surface area contributed by atoms with E-state index in [1.54, 1.807) is 6.92 Å². The van der Waals surface area contributed by atoms with E-state index in [0.717, 1.165) is 36.5 Å². The van der Waals surface area contributed by atoms with Gasteiger partial charge in [0.05, 0.1) is 0 Å². The van der Waals surface area contributed by atoms with Crippen LogP contribution in [0, 0.1) is 0 Å². The summed E-state index contributed by atoms with van der Waals surface area (Å²) in [6.07, 6.45) is 4.77. The van der Waals surface area contributed by atoms with Crippen molar-refractivity contribution in [3.05, 3.63) is 24.3 Å². The van der Waals surface area contributed by atoms with Gasteiger partial charge in [0.15, 0.2) is 0 Å². The van der Waals surface area contributed by atoms with Gasteiger partial charge in [0, 0.05) is 24.5 Å². The fourth-order valence-electron chi connectivity index (χ4n) is 3.67. The lowest BCUT2D eigenvalue weighted by molar-refractivity contribution is -0.133. The molecule has 1 aromatic rings. The van der Waals surface area contributed by atoms with Gasteiger partial charge >= 0.3 is 6.03 Å². The molecule has 2 aliphatic rings. The fourth-order valence-corrected chi connectivity index (χ4v) is 3.67. The average Bonchev–Trinajstić information content (AvgIpc) is 3.25. The maximum Gasteiger partial charge on any atom is 0.325 e. The van der Waals surface area contributed by atoms with Gasteiger partial charge in [0.25, 0.3) is 5.91 Å². The number of hydrogen-bond acceptors (Lipinski definition) is 4. The molecule has 4 amide bonds. The van der Waals surface area contributed by atoms with Gasteiger partial charge in [-0.25, -0.2) is 4.79 Å². The predicted octanol–water partition coefficient (Wildman–Crippen LogP) is 2.73. The van der Waals surface area contributed by atoms with Crippen molar-refractivity contribution in [3.63, 3.8) is 0 Å². The average molecular weight is 372 g/mol. The minimum Gasteiger partial charge on any atom is -0.372 e. The Morgan fingerprint density at radius 2 is 1.85 bits per heavy atom. The molecule has 1 atom stereocenters. The molecule has 146 valence electrons. The smallest absolute Gasteiger partial charge is 0.325 e. The molecule has 0 aliphatic carbocycles. The summed E-state index contributed by atoms with van der Waals surface area (Å²) >= 11 is 0. The number of carbonyl (C=O) groups excluding carboxylic acids is 3. The highest BCUT2D eigenvalue weighted by atomic mass is 16.2. The number of nitrogens with one attached hydrogen (secondary N) is 2. The lowest BCUT2D eigenvalue weighted by Crippen LogP contribution is -2.44. The number of urea groups is 1. The summed E-state index contributed by atoms with van der Waals surface area (Å²) in [7, 11) is 0. The first-order valence-electron chi connectivity index (χ1n) is 9.72. The number of imide groups is 1. The molecule has 2 aliphatic heterocycles. The van der Waals surface area contributed by atoms with Crippen LogP contribution in [0.3, 0.4) is 0 Å². The van der Waals surface area contributed by atoms with Crippen molar-refractivity contribution in [2.75, 3.05) is 29.9 Å². The van der Waals surface area contributed by atoms with Crippen molar-refractivity contribution in [2.45, 2.75) is 51.5 Å². The molecule has 27 heavy (non-hydrogen) atoms. The molecule has 2 saturated heterocycles. The summed E-state index contributed by atoms with van der Waals surface area (Å²) in [5, 5.41) is 5.49. The first-order valence-corrected chi connectivity index (χ1v) is 9.72. The highest BCUT2D eigenvalue weighted by Gasteiger charge is 2.47. The van der Waals surface area contributed by atoms with E-state index in [0.29, 0.717) is 12.1 Å². The van der Waals surface area contributed by atoms with E-state index in [4.69, 9.17) is 0 Å². The molecule has 2 N–H and O–H groups in total. The lowest BCUT2D eigenvalue weighted by atomic mass is 9.95. The van der Waals surface area contributed by atoms with Crippen LogP contribution in [0.5, 0.6) is 0 Å². The second kappa shape index (κ2) is 7.98. The Morgan fingerprint density at radius 1 is 1.19 bits per heavy atom. The van der Waals surface area contributed by atoms with Gasteiger partial charge in [0.1, 0.15) is 12.1 Å². The van der Waals surface area contributed by atoms with Gasteiger partial charge in [0.2, 0.25) is 5.91 Å². The van der Waals surface area contributed by atoms with E-state index >= 15 is 0 Å². The summed E-state index contributed by atoms with van der Waals surface area (Å²) in [5.41, 5.74) is 0.889. The monoisotopic (exact) mass is 372 g/mol. The topological polar surface area (TPSA) is 81.8 Å². The van der Waals surface area contributed by atoms with E-state index < -0.39 is 11.6 Å². The highest BCUT2D eigenvalue weighted by Crippen LogP contribution is 2.24. The number of hydrogen-bond donors (Lipinski definition) is 2. The van der Waals surface area contributed by atoms with Crippen LogP contribution in [0.2, 0.25) is 0 Å². The van der Waals surface area contributed by atoms with Crippen LogP contribution in [-0.4, -0.2) is 47.9 Å². The Kier molecular flexibility index (Phi) is 5.68. The Hall–Kier alpha value is -2.57.